The summed E-state index contributed by atoms with van der Waals surface area (Å²) in [7, 11) is 0. The van der Waals surface area contributed by atoms with Crippen LogP contribution in [0.25, 0.3) is 0 Å². The first-order chi connectivity index (χ1) is 16.0. The number of nitrogens with zero attached hydrogens (tertiary/aromatic N) is 1. The fraction of sp³-hybridized carbons (Fsp3) is 0.680. The normalized spacial score (nSPS) is 40.2. The van der Waals surface area contributed by atoms with Gasteiger partial charge in [-0.05, 0) is 56.1 Å². The van der Waals surface area contributed by atoms with Gasteiger partial charge in [-0.2, -0.15) is 0 Å². The minimum Gasteiger partial charge on any atom is -0.492 e. The molecule has 7 rings (SSSR count). The lowest BCUT2D eigenvalue weighted by Gasteiger charge is -2.38. The molecule has 2 unspecified atom stereocenters. The zero-order valence-electron chi connectivity index (χ0n) is 18.7. The van der Waals surface area contributed by atoms with Crippen molar-refractivity contribution in [2.45, 2.75) is 86.8 Å². The molecule has 9 heteroatoms. The van der Waals surface area contributed by atoms with E-state index in [0.717, 1.165) is 18.9 Å². The van der Waals surface area contributed by atoms with E-state index in [9.17, 15) is 14.7 Å². The van der Waals surface area contributed by atoms with Crippen LogP contribution in [-0.2, 0) is 4.79 Å². The minimum atomic E-state index is -1.98. The molecule has 1 aromatic carbocycles. The van der Waals surface area contributed by atoms with Crippen molar-refractivity contribution in [2.24, 2.45) is 5.41 Å². The lowest BCUT2D eigenvalue weighted by Crippen LogP contribution is -2.42. The van der Waals surface area contributed by atoms with Crippen LogP contribution in [0.4, 0.5) is 17.6 Å². The molecule has 1 aromatic rings. The van der Waals surface area contributed by atoms with Gasteiger partial charge in [0.25, 0.3) is 5.91 Å². The van der Waals surface area contributed by atoms with Crippen LogP contribution in [0.2, 0.25) is 0 Å². The third-order valence-electron chi connectivity index (χ3n) is 8.74. The second-order valence-corrected chi connectivity index (χ2v) is 11.4. The van der Waals surface area contributed by atoms with Crippen LogP contribution in [0.15, 0.2) is 12.1 Å². The van der Waals surface area contributed by atoms with Gasteiger partial charge in [-0.15, -0.1) is 0 Å². The molecule has 0 spiro atoms. The summed E-state index contributed by atoms with van der Waals surface area (Å²) in [6, 6.07) is 1.52. The number of ether oxygens (including phenoxy) is 1. The third kappa shape index (κ3) is 3.18. The number of amides is 1. The molecular formula is C25H27F4NO4. The molecule has 5 aliphatic carbocycles. The van der Waals surface area contributed by atoms with E-state index < -0.39 is 46.2 Å². The number of alkyl halides is 3. The summed E-state index contributed by atoms with van der Waals surface area (Å²) >= 11 is 0. The van der Waals surface area contributed by atoms with Gasteiger partial charge < -0.3 is 14.7 Å². The van der Waals surface area contributed by atoms with Crippen LogP contribution in [-0.4, -0.2) is 58.1 Å². The fourth-order valence-electron chi connectivity index (χ4n) is 7.42. The number of likely N-dealkylation sites (tertiary alicyclic amines) is 1. The molecule has 1 aliphatic heterocycles. The zero-order valence-corrected chi connectivity index (χ0v) is 18.7. The zero-order chi connectivity index (χ0) is 24.1. The second-order valence-electron chi connectivity index (χ2n) is 11.4. The monoisotopic (exact) mass is 481 g/mol. The molecule has 34 heavy (non-hydrogen) atoms. The van der Waals surface area contributed by atoms with Gasteiger partial charge in [0.1, 0.15) is 34.6 Å². The number of rotatable bonds is 6. The van der Waals surface area contributed by atoms with Crippen LogP contribution < -0.4 is 4.74 Å². The number of aliphatic carboxylic acids is 1. The van der Waals surface area contributed by atoms with Crippen molar-refractivity contribution in [2.75, 3.05) is 13.2 Å². The van der Waals surface area contributed by atoms with E-state index in [0.29, 0.717) is 18.4 Å². The van der Waals surface area contributed by atoms with Gasteiger partial charge in [0.05, 0.1) is 12.2 Å². The predicted octanol–water partition coefficient (Wildman–Crippen LogP) is 4.87. The first-order valence-electron chi connectivity index (χ1n) is 12.0. The Balaban J connectivity index is 1.28. The topological polar surface area (TPSA) is 66.8 Å². The SMILES string of the molecule is O=C(O)[C@@H]1CCCN1C(=O)c1cc(C2CC2)c(OCC23CC4(F)CC(F)(CC2(F)C4)C3)cc1F. The van der Waals surface area contributed by atoms with Crippen molar-refractivity contribution in [3.63, 3.8) is 0 Å². The van der Waals surface area contributed by atoms with E-state index in [-0.39, 0.29) is 62.5 Å². The molecule has 3 atom stereocenters. The highest BCUT2D eigenvalue weighted by molar-refractivity contribution is 5.97. The van der Waals surface area contributed by atoms with Crippen molar-refractivity contribution < 1.29 is 37.0 Å². The van der Waals surface area contributed by atoms with Gasteiger partial charge in [-0.1, -0.05) is 0 Å². The molecule has 6 fully saturated rings. The van der Waals surface area contributed by atoms with Crippen molar-refractivity contribution in [3.05, 3.63) is 29.1 Å². The molecule has 5 nitrogen and oxygen atoms in total. The summed E-state index contributed by atoms with van der Waals surface area (Å²) in [6.07, 6.45) is 1.34. The van der Waals surface area contributed by atoms with Gasteiger partial charge in [-0.25, -0.2) is 22.4 Å². The van der Waals surface area contributed by atoms with Crippen LogP contribution in [0, 0.1) is 11.2 Å². The predicted molar refractivity (Wildman–Crippen MR) is 113 cm³/mol. The lowest BCUT2D eigenvalue weighted by atomic mass is 9.73. The van der Waals surface area contributed by atoms with E-state index in [1.54, 1.807) is 0 Å². The number of hydrogen-bond acceptors (Lipinski definition) is 3. The van der Waals surface area contributed by atoms with Crippen molar-refractivity contribution in [3.8, 4) is 5.75 Å². The smallest absolute Gasteiger partial charge is 0.326 e. The molecule has 184 valence electrons. The molecule has 1 amide bonds. The van der Waals surface area contributed by atoms with Crippen molar-refractivity contribution in [1.82, 2.24) is 4.90 Å². The van der Waals surface area contributed by atoms with Crippen LogP contribution in [0.3, 0.4) is 0 Å². The Morgan fingerprint density at radius 2 is 1.71 bits per heavy atom. The van der Waals surface area contributed by atoms with E-state index in [1.807, 2.05) is 0 Å². The summed E-state index contributed by atoms with van der Waals surface area (Å²) in [4.78, 5) is 25.7. The molecule has 6 aliphatic rings. The standard InChI is InChI=1S/C25H27F4NO4/c26-17-7-19(34-13-22-8-23(27)10-24(28,9-22)12-25(22,29)11-23)15(14-3-4-14)6-16(17)20(31)30-5-1-2-18(30)21(32)33/h6-7,14,18H,1-5,8-13H2,(H,32,33)/t18-,22?,23?,24?,25?/m0/s1. The summed E-state index contributed by atoms with van der Waals surface area (Å²) in [5.41, 5.74) is -6.63. The maximum Gasteiger partial charge on any atom is 0.326 e. The molecule has 5 saturated carbocycles. The van der Waals surface area contributed by atoms with Gasteiger partial charge in [0.2, 0.25) is 0 Å². The van der Waals surface area contributed by atoms with Crippen LogP contribution in [0.5, 0.6) is 5.75 Å². The Labute approximate surface area is 194 Å². The fourth-order valence-corrected chi connectivity index (χ4v) is 7.42. The molecule has 4 bridgehead atoms. The van der Waals surface area contributed by atoms with Gasteiger partial charge >= 0.3 is 5.97 Å². The molecule has 0 aromatic heterocycles. The van der Waals surface area contributed by atoms with E-state index in [1.165, 1.54) is 11.0 Å². The first kappa shape index (κ1) is 22.2. The molecule has 1 N–H and O–H groups in total. The van der Waals surface area contributed by atoms with Gasteiger partial charge in [0, 0.05) is 37.3 Å². The van der Waals surface area contributed by atoms with E-state index in [4.69, 9.17) is 4.74 Å². The molecular weight excluding hydrogens is 454 g/mol. The summed E-state index contributed by atoms with van der Waals surface area (Å²) in [5.74, 6) is -2.44. The van der Waals surface area contributed by atoms with Gasteiger partial charge in [0.15, 0.2) is 0 Å². The summed E-state index contributed by atoms with van der Waals surface area (Å²) < 4.78 is 66.9. The number of hydrogen-bond donors (Lipinski definition) is 1. The first-order valence-corrected chi connectivity index (χ1v) is 12.0. The third-order valence-corrected chi connectivity index (χ3v) is 8.74. The molecule has 0 radical (unpaired) electrons. The highest BCUT2D eigenvalue weighted by Gasteiger charge is 2.79. The Morgan fingerprint density at radius 3 is 2.32 bits per heavy atom. The quantitative estimate of drug-likeness (QED) is 0.589. The number of halogens is 4. The number of benzene rings is 1. The Bertz CT molecular complexity index is 1070. The average Bonchev–Trinajstić information content (AvgIpc) is 3.36. The number of carbonyl (C=O) groups is 2. The maximum absolute atomic E-state index is 15.7. The van der Waals surface area contributed by atoms with E-state index in [2.05, 4.69) is 0 Å². The average molecular weight is 481 g/mol. The largest absolute Gasteiger partial charge is 0.492 e. The highest BCUT2D eigenvalue weighted by Crippen LogP contribution is 2.74. The highest BCUT2D eigenvalue weighted by atomic mass is 19.2. The number of carboxylic acid groups (broad SMARTS) is 1. The van der Waals surface area contributed by atoms with Crippen molar-refractivity contribution in [1.29, 1.82) is 0 Å². The summed E-state index contributed by atoms with van der Waals surface area (Å²) in [6.45, 7) is -0.0101. The molecule has 1 saturated heterocycles. The molecule has 1 heterocycles. The van der Waals surface area contributed by atoms with Crippen LogP contribution in [0.1, 0.15) is 79.6 Å². The summed E-state index contributed by atoms with van der Waals surface area (Å²) in [5, 5.41) is 9.38. The van der Waals surface area contributed by atoms with Crippen molar-refractivity contribution >= 4 is 11.9 Å². The van der Waals surface area contributed by atoms with E-state index >= 15 is 17.6 Å². The Kier molecular flexibility index (Phi) is 4.48. The van der Waals surface area contributed by atoms with Gasteiger partial charge in [-0.3, -0.25) is 4.79 Å². The number of carbonyl (C=O) groups excluding carboxylic acids is 1. The maximum atomic E-state index is 15.7. The Hall–Kier alpha value is -2.32. The Morgan fingerprint density at radius 1 is 1.03 bits per heavy atom. The number of carboxylic acids is 1. The second kappa shape index (κ2) is 6.88. The van der Waals surface area contributed by atoms with Crippen LogP contribution >= 0.6 is 0 Å². The minimum absolute atomic E-state index is 0.0456. The lowest BCUT2D eigenvalue weighted by molar-refractivity contribution is -0.141.